The van der Waals surface area contributed by atoms with Gasteiger partial charge in [-0.05, 0) is 71.6 Å². The summed E-state index contributed by atoms with van der Waals surface area (Å²) in [6.45, 7) is 2.26. The quantitative estimate of drug-likeness (QED) is 0.247. The average molecular weight is 622 g/mol. The second kappa shape index (κ2) is 11.7. The molecule has 3 aromatic carbocycles. The van der Waals surface area contributed by atoms with Crippen molar-refractivity contribution in [3.63, 3.8) is 0 Å². The van der Waals surface area contributed by atoms with E-state index >= 15 is 4.39 Å². The van der Waals surface area contributed by atoms with Crippen molar-refractivity contribution >= 4 is 17.3 Å². The number of aromatic nitrogens is 2. The van der Waals surface area contributed by atoms with Crippen LogP contribution < -0.4 is 20.3 Å². The zero-order chi connectivity index (χ0) is 31.1. The van der Waals surface area contributed by atoms with Gasteiger partial charge in [-0.2, -0.15) is 0 Å². The van der Waals surface area contributed by atoms with Gasteiger partial charge < -0.3 is 24.7 Å². The van der Waals surface area contributed by atoms with Crippen LogP contribution >= 0.6 is 0 Å². The molecular weight excluding hydrogens is 590 g/mol. The van der Waals surface area contributed by atoms with E-state index in [-0.39, 0.29) is 47.6 Å². The van der Waals surface area contributed by atoms with Crippen LogP contribution in [0.4, 0.5) is 28.9 Å². The Bertz CT molecular complexity index is 1730. The standard InChI is InChI=1S/C33H31F4N5O3/c34-21-2-3-22-20(13-31(43)40-28(32-41-39-18-45-32)12-19-1-4-24(35)25(36)11-19)17-33(23(22)14-21)5-8-42(9-6-33)29-16-30-27(15-26(29)37)38-7-10-44-30/h1-4,11,14-16,18,20,28,38H,5-10,12-13,17H2,(H,40,43)/t20-,28-/m1/s1. The zero-order valence-corrected chi connectivity index (χ0v) is 24.3. The fourth-order valence-corrected chi connectivity index (χ4v) is 7.17. The molecule has 3 aliphatic rings. The average Bonchev–Trinajstić information content (AvgIpc) is 3.66. The van der Waals surface area contributed by atoms with Crippen LogP contribution in [-0.2, 0) is 16.6 Å². The highest BCUT2D eigenvalue weighted by Crippen LogP contribution is 2.53. The molecule has 8 nitrogen and oxygen atoms in total. The summed E-state index contributed by atoms with van der Waals surface area (Å²) in [5.74, 6) is -2.33. The summed E-state index contributed by atoms with van der Waals surface area (Å²) in [6.07, 6.45) is 3.34. The van der Waals surface area contributed by atoms with Gasteiger partial charge in [0, 0.05) is 44.6 Å². The summed E-state index contributed by atoms with van der Waals surface area (Å²) >= 11 is 0. The third-order valence-corrected chi connectivity index (χ3v) is 9.31. The minimum Gasteiger partial charge on any atom is -0.490 e. The van der Waals surface area contributed by atoms with Gasteiger partial charge in [0.15, 0.2) is 11.6 Å². The van der Waals surface area contributed by atoms with E-state index in [1.54, 1.807) is 18.2 Å². The van der Waals surface area contributed by atoms with Gasteiger partial charge in [0.25, 0.3) is 0 Å². The lowest BCUT2D eigenvalue weighted by Gasteiger charge is -2.41. The molecular formula is C33H31F4N5O3. The smallest absolute Gasteiger partial charge is 0.238 e. The molecule has 1 amide bonds. The monoisotopic (exact) mass is 621 g/mol. The molecule has 45 heavy (non-hydrogen) atoms. The number of nitrogens with one attached hydrogen (secondary N) is 2. The summed E-state index contributed by atoms with van der Waals surface area (Å²) in [6, 6.07) is 10.7. The minimum atomic E-state index is -0.992. The second-order valence-electron chi connectivity index (χ2n) is 12.0. The van der Waals surface area contributed by atoms with Crippen LogP contribution in [0.15, 0.2) is 59.3 Å². The van der Waals surface area contributed by atoms with Crippen molar-refractivity contribution in [1.29, 1.82) is 0 Å². The molecule has 2 atom stereocenters. The Kier molecular flexibility index (Phi) is 7.58. The number of anilines is 2. The Morgan fingerprint density at radius 1 is 1.04 bits per heavy atom. The molecule has 2 N–H and O–H groups in total. The predicted molar refractivity (Wildman–Crippen MR) is 157 cm³/mol. The minimum absolute atomic E-state index is 0.109. The van der Waals surface area contributed by atoms with E-state index in [4.69, 9.17) is 9.15 Å². The highest BCUT2D eigenvalue weighted by atomic mass is 19.2. The fourth-order valence-electron chi connectivity index (χ4n) is 7.17. The number of halogens is 4. The lowest BCUT2D eigenvalue weighted by atomic mass is 9.73. The molecule has 1 aliphatic carbocycles. The van der Waals surface area contributed by atoms with E-state index in [0.717, 1.165) is 29.7 Å². The molecule has 0 bridgehead atoms. The third kappa shape index (κ3) is 5.69. The van der Waals surface area contributed by atoms with Gasteiger partial charge in [0.2, 0.25) is 18.2 Å². The number of piperidine rings is 1. The summed E-state index contributed by atoms with van der Waals surface area (Å²) in [5.41, 5.74) is 3.03. The van der Waals surface area contributed by atoms with Gasteiger partial charge in [0.1, 0.15) is 30.0 Å². The number of rotatable bonds is 7. The molecule has 2 aliphatic heterocycles. The van der Waals surface area contributed by atoms with Gasteiger partial charge in [0.05, 0.1) is 11.4 Å². The summed E-state index contributed by atoms with van der Waals surface area (Å²) in [7, 11) is 0. The van der Waals surface area contributed by atoms with Crippen molar-refractivity contribution < 1.29 is 31.5 Å². The van der Waals surface area contributed by atoms with E-state index in [2.05, 4.69) is 20.8 Å². The SMILES string of the molecule is O=C(C[C@@H]1CC2(CCN(c3cc4c(cc3F)NCCO4)CC2)c2cc(F)ccc21)N[C@H](Cc1ccc(F)c(F)c1)c1nnco1. The lowest BCUT2D eigenvalue weighted by molar-refractivity contribution is -0.122. The number of carbonyl (C=O) groups is 1. The molecule has 1 fully saturated rings. The highest BCUT2D eigenvalue weighted by Gasteiger charge is 2.46. The van der Waals surface area contributed by atoms with Crippen LogP contribution in [0.3, 0.4) is 0 Å². The molecule has 0 unspecified atom stereocenters. The Morgan fingerprint density at radius 3 is 2.67 bits per heavy atom. The highest BCUT2D eigenvalue weighted by molar-refractivity contribution is 5.78. The summed E-state index contributed by atoms with van der Waals surface area (Å²) in [5, 5.41) is 13.7. The van der Waals surface area contributed by atoms with Gasteiger partial charge in [-0.15, -0.1) is 10.2 Å². The maximum atomic E-state index is 15.1. The molecule has 1 saturated heterocycles. The van der Waals surface area contributed by atoms with Crippen molar-refractivity contribution in [2.45, 2.75) is 49.5 Å². The van der Waals surface area contributed by atoms with E-state index in [1.807, 2.05) is 4.90 Å². The molecule has 7 rings (SSSR count). The van der Waals surface area contributed by atoms with Crippen LogP contribution in [0.2, 0.25) is 0 Å². The number of fused-ring (bicyclic) bond motifs is 3. The van der Waals surface area contributed by atoms with E-state index < -0.39 is 17.7 Å². The van der Waals surface area contributed by atoms with E-state index in [9.17, 15) is 18.0 Å². The largest absolute Gasteiger partial charge is 0.490 e. The molecule has 12 heteroatoms. The number of ether oxygens (including phenoxy) is 1. The van der Waals surface area contributed by atoms with Gasteiger partial charge >= 0.3 is 0 Å². The van der Waals surface area contributed by atoms with Gasteiger partial charge in [-0.3, -0.25) is 4.79 Å². The van der Waals surface area contributed by atoms with Crippen molar-refractivity contribution in [3.05, 3.63) is 101 Å². The maximum absolute atomic E-state index is 15.1. The molecule has 3 heterocycles. The molecule has 1 aromatic heterocycles. The van der Waals surface area contributed by atoms with E-state index in [0.29, 0.717) is 68.2 Å². The van der Waals surface area contributed by atoms with Crippen molar-refractivity contribution in [1.82, 2.24) is 15.5 Å². The predicted octanol–water partition coefficient (Wildman–Crippen LogP) is 5.95. The fraction of sp³-hybridized carbons (Fsp3) is 0.364. The van der Waals surface area contributed by atoms with Crippen LogP contribution in [0.25, 0.3) is 0 Å². The van der Waals surface area contributed by atoms with Gasteiger partial charge in [-0.25, -0.2) is 17.6 Å². The molecule has 0 radical (unpaired) electrons. The number of hydrogen-bond acceptors (Lipinski definition) is 7. The first-order chi connectivity index (χ1) is 21.8. The number of carbonyl (C=O) groups excluding carboxylic acids is 1. The third-order valence-electron chi connectivity index (χ3n) is 9.31. The Balaban J connectivity index is 1.07. The Labute approximate surface area is 256 Å². The zero-order valence-electron chi connectivity index (χ0n) is 24.3. The summed E-state index contributed by atoms with van der Waals surface area (Å²) in [4.78, 5) is 15.5. The number of benzene rings is 3. The number of hydrogen-bond donors (Lipinski definition) is 2. The Hall–Kier alpha value is -4.61. The number of nitrogens with zero attached hydrogens (tertiary/aromatic N) is 3. The first-order valence-electron chi connectivity index (χ1n) is 15.0. The first-order valence-corrected chi connectivity index (χ1v) is 15.0. The second-order valence-corrected chi connectivity index (χ2v) is 12.0. The maximum Gasteiger partial charge on any atom is 0.238 e. The summed E-state index contributed by atoms with van der Waals surface area (Å²) < 4.78 is 68.2. The van der Waals surface area contributed by atoms with E-state index in [1.165, 1.54) is 18.2 Å². The number of amides is 1. The van der Waals surface area contributed by atoms with Crippen molar-refractivity contribution in [3.8, 4) is 5.75 Å². The first kappa shape index (κ1) is 29.1. The molecule has 0 saturated carbocycles. The van der Waals surface area contributed by atoms with Crippen LogP contribution in [-0.4, -0.2) is 42.3 Å². The van der Waals surface area contributed by atoms with Crippen LogP contribution in [0, 0.1) is 23.3 Å². The van der Waals surface area contributed by atoms with Crippen LogP contribution in [0.1, 0.15) is 60.2 Å². The van der Waals surface area contributed by atoms with Crippen molar-refractivity contribution in [2.75, 3.05) is 36.5 Å². The molecule has 234 valence electrons. The lowest BCUT2D eigenvalue weighted by Crippen LogP contribution is -2.42. The Morgan fingerprint density at radius 2 is 1.89 bits per heavy atom. The topological polar surface area (TPSA) is 92.5 Å². The van der Waals surface area contributed by atoms with Crippen molar-refractivity contribution in [2.24, 2.45) is 0 Å². The molecule has 4 aromatic rings. The molecule has 1 spiro atoms. The van der Waals surface area contributed by atoms with Crippen LogP contribution in [0.5, 0.6) is 5.75 Å². The van der Waals surface area contributed by atoms with Gasteiger partial charge in [-0.1, -0.05) is 12.1 Å². The normalized spacial score (nSPS) is 18.9.